The van der Waals surface area contributed by atoms with E-state index in [9.17, 15) is 9.18 Å². The third kappa shape index (κ3) is 2.99. The van der Waals surface area contributed by atoms with Crippen LogP contribution in [0.5, 0.6) is 5.75 Å². The van der Waals surface area contributed by atoms with Crippen molar-refractivity contribution in [3.63, 3.8) is 0 Å². The maximum atomic E-state index is 13.5. The summed E-state index contributed by atoms with van der Waals surface area (Å²) in [5.41, 5.74) is 2.70. The van der Waals surface area contributed by atoms with Crippen molar-refractivity contribution in [3.05, 3.63) is 83.6 Å². The van der Waals surface area contributed by atoms with Crippen LogP contribution >= 0.6 is 0 Å². The molecule has 0 amide bonds. The molecule has 1 aliphatic heterocycles. The second-order valence-corrected chi connectivity index (χ2v) is 7.30. The minimum absolute atomic E-state index is 0.0319. The number of halogens is 1. The average molecular weight is 390 g/mol. The number of carbonyl (C=O) groups excluding carboxylic acids is 1. The standard InChI is InChI=1S/C22H19FN4O2/c1-29-17-8-4-13(5-9-17)15-10-18-20(19(28)11-15)21(14-2-6-16(23)7-3-14)27-22(26-18)24-12-25-27/h2-10,12,15,20-21H,11H2,1H3,(H,24,25,26)/t15-,20+,21+/m1/s1. The molecular weight excluding hydrogens is 371 g/mol. The average Bonchev–Trinajstić information content (AvgIpc) is 3.21. The van der Waals surface area contributed by atoms with Crippen molar-refractivity contribution >= 4 is 11.7 Å². The number of benzene rings is 2. The topological polar surface area (TPSA) is 69.0 Å². The number of fused-ring (bicyclic) bond motifs is 2. The van der Waals surface area contributed by atoms with Gasteiger partial charge in [-0.05, 0) is 35.4 Å². The molecule has 7 heteroatoms. The van der Waals surface area contributed by atoms with Gasteiger partial charge in [0.1, 0.15) is 23.7 Å². The summed E-state index contributed by atoms with van der Waals surface area (Å²) in [6.07, 6.45) is 3.95. The molecule has 1 aliphatic carbocycles. The number of rotatable bonds is 3. The van der Waals surface area contributed by atoms with Gasteiger partial charge in [-0.1, -0.05) is 30.3 Å². The van der Waals surface area contributed by atoms with Gasteiger partial charge in [0.25, 0.3) is 0 Å². The summed E-state index contributed by atoms with van der Waals surface area (Å²) in [5.74, 6) is 0.712. The number of anilines is 1. The van der Waals surface area contributed by atoms with Gasteiger partial charge >= 0.3 is 0 Å². The first-order valence-electron chi connectivity index (χ1n) is 9.44. The first kappa shape index (κ1) is 17.6. The number of allylic oxidation sites excluding steroid dienone is 2. The van der Waals surface area contributed by atoms with Crippen molar-refractivity contribution in [1.82, 2.24) is 14.8 Å². The second-order valence-electron chi connectivity index (χ2n) is 7.30. The number of hydrogen-bond donors (Lipinski definition) is 1. The molecule has 1 aromatic heterocycles. The van der Waals surface area contributed by atoms with Crippen molar-refractivity contribution in [1.29, 1.82) is 0 Å². The van der Waals surface area contributed by atoms with E-state index in [1.54, 1.807) is 23.9 Å². The zero-order chi connectivity index (χ0) is 20.0. The number of nitrogens with zero attached hydrogens (tertiary/aromatic N) is 3. The monoisotopic (exact) mass is 390 g/mol. The first-order chi connectivity index (χ1) is 14.1. The number of methoxy groups -OCH3 is 1. The summed E-state index contributed by atoms with van der Waals surface area (Å²) in [6, 6.07) is 13.6. The third-order valence-electron chi connectivity index (χ3n) is 5.65. The van der Waals surface area contributed by atoms with Crippen LogP contribution in [0.1, 0.15) is 29.5 Å². The molecule has 3 aromatic rings. The number of carbonyl (C=O) groups is 1. The van der Waals surface area contributed by atoms with E-state index in [0.717, 1.165) is 22.6 Å². The fraction of sp³-hybridized carbons (Fsp3) is 0.227. The highest BCUT2D eigenvalue weighted by Gasteiger charge is 2.43. The number of nitrogens with one attached hydrogen (secondary N) is 1. The number of aromatic nitrogens is 3. The normalized spacial score (nSPS) is 22.9. The van der Waals surface area contributed by atoms with Crippen molar-refractivity contribution in [2.24, 2.45) is 5.92 Å². The quantitative estimate of drug-likeness (QED) is 0.739. The molecular formula is C22H19FN4O2. The highest BCUT2D eigenvalue weighted by atomic mass is 19.1. The molecule has 0 fully saturated rings. The molecule has 2 aliphatic rings. The highest BCUT2D eigenvalue weighted by molar-refractivity contribution is 5.88. The molecule has 0 saturated carbocycles. The molecule has 0 unspecified atom stereocenters. The zero-order valence-corrected chi connectivity index (χ0v) is 15.7. The summed E-state index contributed by atoms with van der Waals surface area (Å²) in [4.78, 5) is 17.6. The SMILES string of the molecule is COc1ccc([C@@H]2C=C3Nc4ncnn4[C@@H](c4ccc(F)cc4)[C@@H]3C(=O)C2)cc1. The number of Topliss-reactive ketones (excluding diaryl/α,β-unsaturated/α-hetero) is 1. The zero-order valence-electron chi connectivity index (χ0n) is 15.7. The summed E-state index contributed by atoms with van der Waals surface area (Å²) in [5, 5.41) is 7.59. The molecule has 6 nitrogen and oxygen atoms in total. The van der Waals surface area contributed by atoms with Crippen molar-refractivity contribution in [2.75, 3.05) is 12.4 Å². The lowest BCUT2D eigenvalue weighted by atomic mass is 9.75. The van der Waals surface area contributed by atoms with E-state index in [1.165, 1.54) is 18.5 Å². The maximum Gasteiger partial charge on any atom is 0.226 e. The van der Waals surface area contributed by atoms with Gasteiger partial charge in [0.05, 0.1) is 19.1 Å². The summed E-state index contributed by atoms with van der Waals surface area (Å²) < 4.78 is 20.4. The molecule has 0 radical (unpaired) electrons. The van der Waals surface area contributed by atoms with Gasteiger partial charge in [-0.15, -0.1) is 0 Å². The van der Waals surface area contributed by atoms with Gasteiger partial charge in [0.2, 0.25) is 5.95 Å². The van der Waals surface area contributed by atoms with E-state index in [2.05, 4.69) is 21.5 Å². The Labute approximate surface area is 167 Å². The van der Waals surface area contributed by atoms with Crippen molar-refractivity contribution < 1.29 is 13.9 Å². The molecule has 1 N–H and O–H groups in total. The Morgan fingerprint density at radius 3 is 2.55 bits per heavy atom. The summed E-state index contributed by atoms with van der Waals surface area (Å²) >= 11 is 0. The largest absolute Gasteiger partial charge is 0.497 e. The van der Waals surface area contributed by atoms with Crippen LogP contribution in [-0.2, 0) is 4.79 Å². The third-order valence-corrected chi connectivity index (χ3v) is 5.65. The lowest BCUT2D eigenvalue weighted by Crippen LogP contribution is -2.40. The summed E-state index contributed by atoms with van der Waals surface area (Å²) in [6.45, 7) is 0. The maximum absolute atomic E-state index is 13.5. The van der Waals surface area contributed by atoms with Crippen LogP contribution in [0.15, 0.2) is 66.6 Å². The minimum Gasteiger partial charge on any atom is -0.497 e. The van der Waals surface area contributed by atoms with Crippen molar-refractivity contribution in [3.8, 4) is 5.75 Å². The van der Waals surface area contributed by atoms with Crippen LogP contribution in [-0.4, -0.2) is 27.7 Å². The van der Waals surface area contributed by atoms with E-state index < -0.39 is 5.92 Å². The Morgan fingerprint density at radius 1 is 1.10 bits per heavy atom. The first-order valence-corrected chi connectivity index (χ1v) is 9.44. The molecule has 2 aromatic carbocycles. The van der Waals surface area contributed by atoms with Gasteiger partial charge in [-0.3, -0.25) is 4.79 Å². The predicted molar refractivity (Wildman–Crippen MR) is 105 cm³/mol. The molecule has 29 heavy (non-hydrogen) atoms. The van der Waals surface area contributed by atoms with Crippen molar-refractivity contribution in [2.45, 2.75) is 18.4 Å². The lowest BCUT2D eigenvalue weighted by Gasteiger charge is -2.38. The van der Waals surface area contributed by atoms with Crippen LogP contribution < -0.4 is 10.1 Å². The van der Waals surface area contributed by atoms with Gasteiger partial charge in [-0.2, -0.15) is 10.1 Å². The predicted octanol–water partition coefficient (Wildman–Crippen LogP) is 3.70. The van der Waals surface area contributed by atoms with Crippen LogP contribution in [0.25, 0.3) is 0 Å². The second kappa shape index (κ2) is 6.84. The molecule has 146 valence electrons. The van der Waals surface area contributed by atoms with E-state index >= 15 is 0 Å². The molecule has 5 rings (SSSR count). The molecule has 3 atom stereocenters. The number of ether oxygens (including phenoxy) is 1. The fourth-order valence-corrected chi connectivity index (χ4v) is 4.23. The van der Waals surface area contributed by atoms with Crippen LogP contribution in [0.3, 0.4) is 0 Å². The van der Waals surface area contributed by atoms with E-state index in [1.807, 2.05) is 24.3 Å². The Bertz CT molecular complexity index is 1090. The number of ketones is 1. The van der Waals surface area contributed by atoms with Gasteiger partial charge in [0.15, 0.2) is 0 Å². The van der Waals surface area contributed by atoms with E-state index in [0.29, 0.717) is 12.4 Å². The highest BCUT2D eigenvalue weighted by Crippen LogP contribution is 2.44. The molecule has 0 bridgehead atoms. The fourth-order valence-electron chi connectivity index (χ4n) is 4.23. The smallest absolute Gasteiger partial charge is 0.226 e. The Kier molecular flexibility index (Phi) is 4.16. The van der Waals surface area contributed by atoms with Crippen LogP contribution in [0, 0.1) is 11.7 Å². The minimum atomic E-state index is -0.413. The van der Waals surface area contributed by atoms with E-state index in [4.69, 9.17) is 4.74 Å². The van der Waals surface area contributed by atoms with Gasteiger partial charge in [0, 0.05) is 18.0 Å². The molecule has 2 heterocycles. The molecule has 0 spiro atoms. The van der Waals surface area contributed by atoms with Crippen LogP contribution in [0.2, 0.25) is 0 Å². The Hall–Kier alpha value is -3.48. The Balaban J connectivity index is 1.57. The van der Waals surface area contributed by atoms with Gasteiger partial charge < -0.3 is 10.1 Å². The van der Waals surface area contributed by atoms with Gasteiger partial charge in [-0.25, -0.2) is 9.07 Å². The van der Waals surface area contributed by atoms with E-state index in [-0.39, 0.29) is 23.6 Å². The van der Waals surface area contributed by atoms with Crippen LogP contribution in [0.4, 0.5) is 10.3 Å². The Morgan fingerprint density at radius 2 is 1.83 bits per heavy atom. The summed E-state index contributed by atoms with van der Waals surface area (Å²) in [7, 11) is 1.63. The molecule has 0 saturated heterocycles. The number of hydrogen-bond acceptors (Lipinski definition) is 5. The lowest BCUT2D eigenvalue weighted by molar-refractivity contribution is -0.123.